The number of rotatable bonds is 2. The van der Waals surface area contributed by atoms with Crippen molar-refractivity contribution in [2.24, 2.45) is 22.9 Å². The Morgan fingerprint density at radius 3 is 0.706 bits per heavy atom. The van der Waals surface area contributed by atoms with Gasteiger partial charge < -0.3 is 52.9 Å². The molecule has 0 saturated heterocycles. The Hall–Kier alpha value is -1.11. The first kappa shape index (κ1) is 29.7. The molecule has 0 aliphatic heterocycles. The zero-order chi connectivity index (χ0) is 14.0. The third kappa shape index (κ3) is 3150. The van der Waals surface area contributed by atoms with Crippen LogP contribution in [0.2, 0.25) is 0 Å². The molecule has 0 aromatic carbocycles. The summed E-state index contributed by atoms with van der Waals surface area (Å²) < 4.78 is 0. The Kier molecular flexibility index (Phi) is 63.5. The van der Waals surface area contributed by atoms with Gasteiger partial charge >= 0.3 is 16.8 Å². The van der Waals surface area contributed by atoms with E-state index in [-0.39, 0.29) is 16.8 Å². The van der Waals surface area contributed by atoms with Gasteiger partial charge in [-0.05, 0) is 12.3 Å². The molecule has 11 heteroatoms. The van der Waals surface area contributed by atoms with Crippen molar-refractivity contribution in [3.63, 3.8) is 0 Å². The quantitative estimate of drug-likeness (QED) is 0.376. The molecule has 8 N–H and O–H groups in total. The summed E-state index contributed by atoms with van der Waals surface area (Å²) in [6.45, 7) is 2.39. The minimum atomic E-state index is -2.33. The summed E-state index contributed by atoms with van der Waals surface area (Å²) in [7, 11) is 0. The maximum Gasteiger partial charge on any atom is 3.00 e. The van der Waals surface area contributed by atoms with Crippen LogP contribution in [0.1, 0.15) is 0 Å². The summed E-state index contributed by atoms with van der Waals surface area (Å²) >= 11 is 0. The van der Waals surface area contributed by atoms with Crippen LogP contribution in [0.3, 0.4) is 0 Å². The Balaban J connectivity index is -0.0000000369. The molecule has 0 atom stereocenters. The summed E-state index contributed by atoms with van der Waals surface area (Å²) in [5.74, 6) is 0. The van der Waals surface area contributed by atoms with Crippen LogP contribution in [-0.4, -0.2) is 38.5 Å². The van der Waals surface area contributed by atoms with Gasteiger partial charge in [0.1, 0.15) is 0 Å². The molecule has 0 aromatic heterocycles. The van der Waals surface area contributed by atoms with E-state index in [2.05, 4.69) is 0 Å². The number of hydrogen-bond donors (Lipinski definition) is 4. The zero-order valence-electron chi connectivity index (χ0n) is 8.92. The minimum absolute atomic E-state index is 0. The van der Waals surface area contributed by atoms with Gasteiger partial charge in [-0.3, -0.25) is 0 Å². The number of carbonyl (C=O) groups excluding carboxylic acids is 2. The van der Waals surface area contributed by atoms with Crippen LogP contribution < -0.4 is 43.4 Å². The van der Waals surface area contributed by atoms with Gasteiger partial charge in [-0.2, -0.15) is 0 Å². The second-order valence-electron chi connectivity index (χ2n) is 1.65. The van der Waals surface area contributed by atoms with E-state index in [4.69, 9.17) is 52.9 Å². The maximum atomic E-state index is 8.33. The predicted octanol–water partition coefficient (Wildman–Crippen LogP) is -7.09. The summed E-state index contributed by atoms with van der Waals surface area (Å²) in [5, 5.41) is 33.3. The molecule has 106 valence electrons. The molecule has 17 heavy (non-hydrogen) atoms. The Labute approximate surface area is 109 Å². The third-order valence-corrected chi connectivity index (χ3v) is 0.333. The maximum absolute atomic E-state index is 8.33. The monoisotopic (exact) mass is 299 g/mol. The van der Waals surface area contributed by atoms with Crippen molar-refractivity contribution in [1.82, 2.24) is 0 Å². The van der Waals surface area contributed by atoms with Crippen LogP contribution >= 0.6 is 0 Å². The largest absolute Gasteiger partial charge is 3.00 e. The summed E-state index contributed by atoms with van der Waals surface area (Å²) in [6, 6.07) is 0. The molecule has 0 saturated carbocycles. The van der Waals surface area contributed by atoms with E-state index >= 15 is 0 Å². The molecule has 0 aliphatic carbocycles. The topological polar surface area (TPSA) is 230 Å². The van der Waals surface area contributed by atoms with Gasteiger partial charge in [0, 0.05) is 26.2 Å². The van der Waals surface area contributed by atoms with Crippen LogP contribution in [0.15, 0.2) is 0 Å². The molecular formula is C6H16CoN4O6-. The van der Waals surface area contributed by atoms with E-state index in [9.17, 15) is 0 Å². The second kappa shape index (κ2) is 36.4. The SMILES string of the molecule is NCCN.NCCN.O=C([O-])[O-].O=C([O-])[O-].[Co+3]. The average Bonchev–Trinajstić information content (AvgIpc) is 2.16. The summed E-state index contributed by atoms with van der Waals surface area (Å²) in [4.78, 5) is 16.7. The van der Waals surface area contributed by atoms with Gasteiger partial charge in [0.05, 0.1) is 0 Å². The van der Waals surface area contributed by atoms with Gasteiger partial charge in [-0.1, -0.05) is 0 Å². The molecule has 0 radical (unpaired) electrons. The van der Waals surface area contributed by atoms with E-state index in [1.54, 1.807) is 0 Å². The van der Waals surface area contributed by atoms with E-state index < -0.39 is 12.3 Å². The molecule has 0 heterocycles. The first-order chi connectivity index (χ1) is 7.29. The molecular weight excluding hydrogens is 283 g/mol. The summed E-state index contributed by atoms with van der Waals surface area (Å²) in [5.41, 5.74) is 19.6. The van der Waals surface area contributed by atoms with Crippen LogP contribution in [0.25, 0.3) is 0 Å². The number of nitrogens with two attached hydrogens (primary N) is 4. The predicted molar refractivity (Wildman–Crippen MR) is 47.0 cm³/mol. The smallest absolute Gasteiger partial charge is 0.652 e. The first-order valence-electron chi connectivity index (χ1n) is 3.86. The summed E-state index contributed by atoms with van der Waals surface area (Å²) in [6.07, 6.45) is -4.67. The van der Waals surface area contributed by atoms with Crippen LogP contribution in [0.5, 0.6) is 0 Å². The van der Waals surface area contributed by atoms with Gasteiger partial charge in [0.25, 0.3) is 0 Å². The van der Waals surface area contributed by atoms with Crippen molar-refractivity contribution < 1.29 is 46.8 Å². The van der Waals surface area contributed by atoms with Gasteiger partial charge in [0.15, 0.2) is 0 Å². The molecule has 10 nitrogen and oxygen atoms in total. The van der Waals surface area contributed by atoms with Crippen molar-refractivity contribution in [2.75, 3.05) is 26.2 Å². The molecule has 0 unspecified atom stereocenters. The van der Waals surface area contributed by atoms with E-state index in [1.165, 1.54) is 0 Å². The number of hydrogen-bond acceptors (Lipinski definition) is 10. The molecule has 0 spiro atoms. The fourth-order valence-electron chi connectivity index (χ4n) is 0. The van der Waals surface area contributed by atoms with Gasteiger partial charge in [0.2, 0.25) is 0 Å². The van der Waals surface area contributed by atoms with Gasteiger partial charge in [-0.25, -0.2) is 0 Å². The Bertz CT molecular complexity index is 122. The fraction of sp³-hybridized carbons (Fsp3) is 0.667. The molecule has 0 bridgehead atoms. The molecule has 0 rings (SSSR count). The second-order valence-corrected chi connectivity index (χ2v) is 1.65. The van der Waals surface area contributed by atoms with Crippen molar-refractivity contribution in [3.8, 4) is 0 Å². The van der Waals surface area contributed by atoms with Crippen molar-refractivity contribution in [3.05, 3.63) is 0 Å². The van der Waals surface area contributed by atoms with Crippen molar-refractivity contribution in [2.45, 2.75) is 0 Å². The minimum Gasteiger partial charge on any atom is -0.652 e. The Morgan fingerprint density at radius 1 is 0.647 bits per heavy atom. The van der Waals surface area contributed by atoms with Crippen LogP contribution in [-0.2, 0) is 16.8 Å². The normalized spacial score (nSPS) is 6.35. The zero-order valence-corrected chi connectivity index (χ0v) is 9.96. The number of carbonyl (C=O) groups is 2. The van der Waals surface area contributed by atoms with E-state index in [0.29, 0.717) is 26.2 Å². The van der Waals surface area contributed by atoms with Crippen molar-refractivity contribution >= 4 is 12.3 Å². The van der Waals surface area contributed by atoms with Crippen molar-refractivity contribution in [1.29, 1.82) is 0 Å². The molecule has 0 amide bonds. The first-order valence-corrected chi connectivity index (χ1v) is 3.86. The molecule has 0 fully saturated rings. The fourth-order valence-corrected chi connectivity index (χ4v) is 0. The van der Waals surface area contributed by atoms with E-state index in [0.717, 1.165) is 0 Å². The Morgan fingerprint density at radius 2 is 0.706 bits per heavy atom. The average molecular weight is 299 g/mol. The molecule has 0 aliphatic rings. The van der Waals surface area contributed by atoms with Crippen LogP contribution in [0, 0.1) is 0 Å². The third-order valence-electron chi connectivity index (χ3n) is 0.333. The number of carboxylic acid groups (broad SMARTS) is 4. The standard InChI is InChI=1S/2C2H8N2.2CH2O3.Co/c2*3-1-2-4;2*2-1(3)4;/h2*1-4H2;2*(H2,2,3,4);/q;;;;+3/p-4. The van der Waals surface area contributed by atoms with Gasteiger partial charge in [-0.15, -0.1) is 0 Å². The van der Waals surface area contributed by atoms with Crippen LogP contribution in [0.4, 0.5) is 9.59 Å². The van der Waals surface area contributed by atoms with E-state index in [1.807, 2.05) is 0 Å². The molecule has 0 aromatic rings.